The maximum Gasteiger partial charge on any atom is 0.508 e. The van der Waals surface area contributed by atoms with Crippen LogP contribution in [0.5, 0.6) is 0 Å². The molecule has 3 heterocycles. The molecule has 0 fully saturated rings. The van der Waals surface area contributed by atoms with Crippen molar-refractivity contribution in [1.82, 2.24) is 19.7 Å². The summed E-state index contributed by atoms with van der Waals surface area (Å²) in [4.78, 5) is 20.4. The minimum atomic E-state index is -0.729. The Bertz CT molecular complexity index is 1040. The lowest BCUT2D eigenvalue weighted by Gasteiger charge is -2.14. The van der Waals surface area contributed by atoms with Gasteiger partial charge in [0, 0.05) is 48.1 Å². The lowest BCUT2D eigenvalue weighted by atomic mass is 9.96. The Balaban J connectivity index is 2.20. The number of aromatic nitrogens is 4. The Kier molecular flexibility index (Phi) is 6.56. The lowest BCUT2D eigenvalue weighted by Crippen LogP contribution is -2.05. The van der Waals surface area contributed by atoms with Crippen molar-refractivity contribution in [3.63, 3.8) is 0 Å². The topological polar surface area (TPSA) is 88.4 Å². The van der Waals surface area contributed by atoms with Crippen molar-refractivity contribution < 1.29 is 19.0 Å². The summed E-state index contributed by atoms with van der Waals surface area (Å²) in [5.41, 5.74) is 5.40. The van der Waals surface area contributed by atoms with E-state index < -0.39 is 6.16 Å². The van der Waals surface area contributed by atoms with Crippen LogP contribution in [0.15, 0.2) is 30.7 Å². The van der Waals surface area contributed by atoms with Crippen LogP contribution in [-0.4, -0.2) is 46.7 Å². The number of methoxy groups -OCH3 is 2. The summed E-state index contributed by atoms with van der Waals surface area (Å²) >= 11 is 0. The molecule has 0 saturated carbocycles. The van der Waals surface area contributed by atoms with Crippen molar-refractivity contribution in [2.75, 3.05) is 20.8 Å². The minimum absolute atomic E-state index is 0.0802. The number of rotatable bonds is 7. The van der Waals surface area contributed by atoms with Crippen LogP contribution in [0.2, 0.25) is 0 Å². The number of hydrogen-bond donors (Lipinski definition) is 0. The molecule has 0 spiro atoms. The zero-order valence-corrected chi connectivity index (χ0v) is 17.0. The maximum atomic E-state index is 11.2. The van der Waals surface area contributed by atoms with E-state index in [1.165, 1.54) is 7.11 Å². The molecule has 152 valence electrons. The van der Waals surface area contributed by atoms with E-state index in [9.17, 15) is 4.79 Å². The van der Waals surface area contributed by atoms with Crippen LogP contribution in [0, 0.1) is 6.92 Å². The number of nitrogens with zero attached hydrogens (tertiary/aromatic N) is 4. The fraction of sp³-hybridized carbons (Fsp3) is 0.333. The van der Waals surface area contributed by atoms with E-state index in [4.69, 9.17) is 14.5 Å². The molecule has 0 aromatic carbocycles. The minimum Gasteiger partial charge on any atom is -0.438 e. The molecule has 0 aliphatic rings. The van der Waals surface area contributed by atoms with Gasteiger partial charge in [-0.15, -0.1) is 0 Å². The molecule has 3 aromatic heterocycles. The Morgan fingerprint density at radius 1 is 1.24 bits per heavy atom. The molecule has 3 aromatic rings. The molecule has 8 heteroatoms. The van der Waals surface area contributed by atoms with Gasteiger partial charge in [-0.1, -0.05) is 6.08 Å². The van der Waals surface area contributed by atoms with E-state index in [1.54, 1.807) is 13.2 Å². The average Bonchev–Trinajstić information content (AvgIpc) is 3.13. The first kappa shape index (κ1) is 20.5. The smallest absolute Gasteiger partial charge is 0.438 e. The predicted molar refractivity (Wildman–Crippen MR) is 109 cm³/mol. The second-order valence-corrected chi connectivity index (χ2v) is 6.40. The van der Waals surface area contributed by atoms with E-state index in [0.717, 1.165) is 39.0 Å². The largest absolute Gasteiger partial charge is 0.508 e. The molecule has 29 heavy (non-hydrogen) atoms. The zero-order chi connectivity index (χ0) is 20.8. The highest BCUT2D eigenvalue weighted by atomic mass is 16.7. The molecule has 0 atom stereocenters. The van der Waals surface area contributed by atoms with Gasteiger partial charge in [-0.05, 0) is 31.6 Å². The summed E-state index contributed by atoms with van der Waals surface area (Å²) in [7, 11) is 2.90. The Hall–Kier alpha value is -3.26. The van der Waals surface area contributed by atoms with Crippen molar-refractivity contribution in [3.05, 3.63) is 47.6 Å². The highest BCUT2D eigenvalue weighted by Gasteiger charge is 2.18. The first-order valence-electron chi connectivity index (χ1n) is 9.25. The van der Waals surface area contributed by atoms with Crippen molar-refractivity contribution >= 4 is 23.3 Å². The molecule has 0 aliphatic carbocycles. The molecule has 0 unspecified atom stereocenters. The van der Waals surface area contributed by atoms with Gasteiger partial charge in [0.2, 0.25) is 0 Å². The molecular formula is C21H24N4O4. The fourth-order valence-corrected chi connectivity index (χ4v) is 3.15. The highest BCUT2D eigenvalue weighted by Crippen LogP contribution is 2.34. The average molecular weight is 396 g/mol. The number of hydrogen-bond acceptors (Lipinski definition) is 7. The molecule has 0 aliphatic heterocycles. The van der Waals surface area contributed by atoms with Gasteiger partial charge in [0.25, 0.3) is 0 Å². The number of aryl methyl sites for hydroxylation is 2. The lowest BCUT2D eigenvalue weighted by molar-refractivity contribution is 0.0819. The quantitative estimate of drug-likeness (QED) is 0.562. The molecule has 0 saturated heterocycles. The van der Waals surface area contributed by atoms with Gasteiger partial charge in [-0.2, -0.15) is 5.10 Å². The van der Waals surface area contributed by atoms with Crippen LogP contribution in [0.25, 0.3) is 28.2 Å². The second kappa shape index (κ2) is 9.29. The molecule has 0 radical (unpaired) electrons. The van der Waals surface area contributed by atoms with E-state index in [-0.39, 0.29) is 6.61 Å². The highest BCUT2D eigenvalue weighted by molar-refractivity contribution is 5.97. The summed E-state index contributed by atoms with van der Waals surface area (Å²) < 4.78 is 16.7. The summed E-state index contributed by atoms with van der Waals surface area (Å²) in [6, 6.07) is 2.07. The molecule has 0 bridgehead atoms. The zero-order valence-electron chi connectivity index (χ0n) is 17.0. The van der Waals surface area contributed by atoms with Gasteiger partial charge in [-0.3, -0.25) is 4.98 Å². The summed E-state index contributed by atoms with van der Waals surface area (Å²) in [5.74, 6) is 0. The molecule has 3 rings (SSSR count). The van der Waals surface area contributed by atoms with Crippen molar-refractivity contribution in [1.29, 1.82) is 0 Å². The second-order valence-electron chi connectivity index (χ2n) is 6.40. The van der Waals surface area contributed by atoms with Gasteiger partial charge in [-0.25, -0.2) is 14.5 Å². The first-order chi connectivity index (χ1) is 14.1. The van der Waals surface area contributed by atoms with Crippen LogP contribution in [0.1, 0.15) is 23.7 Å². The Morgan fingerprint density at radius 3 is 2.76 bits per heavy atom. The number of pyridine rings is 2. The summed E-state index contributed by atoms with van der Waals surface area (Å²) in [6.07, 6.45) is 8.35. The third-order valence-corrected chi connectivity index (χ3v) is 4.39. The van der Waals surface area contributed by atoms with E-state index in [1.807, 2.05) is 43.2 Å². The molecule has 0 N–H and O–H groups in total. The van der Waals surface area contributed by atoms with E-state index >= 15 is 0 Å². The maximum absolute atomic E-state index is 11.2. The molecule has 0 amide bonds. The van der Waals surface area contributed by atoms with Gasteiger partial charge in [0.05, 0.1) is 25.6 Å². The third kappa shape index (κ3) is 4.43. The first-order valence-corrected chi connectivity index (χ1v) is 9.25. The third-order valence-electron chi connectivity index (χ3n) is 4.39. The number of fused-ring (bicyclic) bond motifs is 1. The fourth-order valence-electron chi connectivity index (χ4n) is 3.15. The number of ether oxygens (including phenoxy) is 3. The van der Waals surface area contributed by atoms with Gasteiger partial charge < -0.3 is 14.2 Å². The molecule has 8 nitrogen and oxygen atoms in total. The van der Waals surface area contributed by atoms with Crippen LogP contribution >= 0.6 is 0 Å². The van der Waals surface area contributed by atoms with Crippen molar-refractivity contribution in [2.24, 2.45) is 0 Å². The normalized spacial score (nSPS) is 11.3. The van der Waals surface area contributed by atoms with E-state index in [0.29, 0.717) is 13.2 Å². The van der Waals surface area contributed by atoms with Crippen LogP contribution in [-0.2, 0) is 27.4 Å². The summed E-state index contributed by atoms with van der Waals surface area (Å²) in [5, 5.41) is 5.40. The van der Waals surface area contributed by atoms with E-state index in [2.05, 4.69) is 20.9 Å². The van der Waals surface area contributed by atoms with Crippen molar-refractivity contribution in [2.45, 2.75) is 27.0 Å². The van der Waals surface area contributed by atoms with Crippen LogP contribution in [0.4, 0.5) is 4.79 Å². The Labute approximate surface area is 169 Å². The SMILES string of the molecule is CCn1ncc2c(-c3cncc(C)c3)c(/C=C/COC(=O)OC)c(COC)nc21. The number of carbonyl (C=O) groups excluding carboxylic acids is 1. The predicted octanol–water partition coefficient (Wildman–Crippen LogP) is 3.76. The van der Waals surface area contributed by atoms with Crippen LogP contribution < -0.4 is 0 Å². The van der Waals surface area contributed by atoms with Gasteiger partial charge >= 0.3 is 6.16 Å². The van der Waals surface area contributed by atoms with Gasteiger partial charge in [0.15, 0.2) is 5.65 Å². The van der Waals surface area contributed by atoms with Crippen molar-refractivity contribution in [3.8, 4) is 11.1 Å². The summed E-state index contributed by atoms with van der Waals surface area (Å²) in [6.45, 7) is 5.14. The van der Waals surface area contributed by atoms with Gasteiger partial charge in [0.1, 0.15) is 6.61 Å². The number of carbonyl (C=O) groups is 1. The monoisotopic (exact) mass is 396 g/mol. The van der Waals surface area contributed by atoms with Crippen LogP contribution in [0.3, 0.4) is 0 Å². The Morgan fingerprint density at radius 2 is 2.07 bits per heavy atom. The standard InChI is InChI=1S/C21H24N4O4/c1-5-25-20-17(12-23-25)19(15-9-14(2)10-22-11-15)16(18(24-20)13-27-3)7-6-8-29-21(26)28-4/h6-7,9-12H,5,8,13H2,1-4H3/b7-6+. The molecular weight excluding hydrogens is 372 g/mol.